The van der Waals surface area contributed by atoms with Crippen LogP contribution in [0.3, 0.4) is 0 Å². The molecule has 2 N–H and O–H groups in total. The van der Waals surface area contributed by atoms with E-state index < -0.39 is 17.4 Å². The number of methoxy groups -OCH3 is 1. The Balaban J connectivity index is 2.70. The van der Waals surface area contributed by atoms with Gasteiger partial charge in [0.1, 0.15) is 12.1 Å². The number of allylic oxidation sites excluding steroid dienone is 5. The number of nitrogens with one attached hydrogen (secondary N) is 2. The zero-order valence-corrected chi connectivity index (χ0v) is 27.3. The molecule has 234 valence electrons. The van der Waals surface area contributed by atoms with Gasteiger partial charge < -0.3 is 24.8 Å². The lowest BCUT2D eigenvalue weighted by atomic mass is 9.86. The van der Waals surface area contributed by atoms with Gasteiger partial charge in [0.15, 0.2) is 5.76 Å². The summed E-state index contributed by atoms with van der Waals surface area (Å²) in [5.74, 6) is -0.905. The molecule has 0 saturated carbocycles. The number of cyclic esters (lactones) is 1. The van der Waals surface area contributed by atoms with Crippen molar-refractivity contribution in [3.8, 4) is 0 Å². The normalized spacial score (nSPS) is 19.2. The Morgan fingerprint density at radius 1 is 1.14 bits per heavy atom. The van der Waals surface area contributed by atoms with E-state index in [0.717, 1.165) is 5.57 Å². The zero-order valence-electron chi connectivity index (χ0n) is 26.5. The van der Waals surface area contributed by atoms with Crippen molar-refractivity contribution in [2.75, 3.05) is 7.11 Å². The number of esters is 1. The van der Waals surface area contributed by atoms with E-state index >= 15 is 0 Å². The molecule has 1 aliphatic heterocycles. The largest absolute Gasteiger partial charge is 0.490 e. The van der Waals surface area contributed by atoms with Crippen LogP contribution in [0, 0.1) is 11.3 Å². The predicted molar refractivity (Wildman–Crippen MR) is 168 cm³/mol. The molecule has 42 heavy (non-hydrogen) atoms. The van der Waals surface area contributed by atoms with Gasteiger partial charge in [-0.05, 0) is 58.2 Å². The van der Waals surface area contributed by atoms with Crippen molar-refractivity contribution in [1.82, 2.24) is 10.6 Å². The summed E-state index contributed by atoms with van der Waals surface area (Å²) >= 11 is 5.96. The molecule has 2 amide bonds. The fourth-order valence-corrected chi connectivity index (χ4v) is 4.25. The van der Waals surface area contributed by atoms with E-state index in [4.69, 9.17) is 25.8 Å². The molecule has 0 aromatic rings. The summed E-state index contributed by atoms with van der Waals surface area (Å²) in [6, 6.07) is -0.749. The Hall–Kier alpha value is -3.10. The summed E-state index contributed by atoms with van der Waals surface area (Å²) < 4.78 is 16.4. The van der Waals surface area contributed by atoms with Gasteiger partial charge in [0.05, 0.1) is 19.3 Å². The van der Waals surface area contributed by atoms with E-state index in [9.17, 15) is 14.4 Å². The molecule has 4 atom stereocenters. The fraction of sp³-hybridized carbons (Fsp3) is 0.545. The lowest BCUT2D eigenvalue weighted by molar-refractivity contribution is -0.151. The van der Waals surface area contributed by atoms with Crippen molar-refractivity contribution in [2.24, 2.45) is 11.3 Å². The Morgan fingerprint density at radius 2 is 1.81 bits per heavy atom. The maximum absolute atomic E-state index is 12.9. The third kappa shape index (κ3) is 14.7. The summed E-state index contributed by atoms with van der Waals surface area (Å²) in [5.41, 5.74) is 0.444. The van der Waals surface area contributed by atoms with Gasteiger partial charge >= 0.3 is 5.97 Å². The molecule has 0 aliphatic carbocycles. The third-order valence-corrected chi connectivity index (χ3v) is 6.48. The van der Waals surface area contributed by atoms with Gasteiger partial charge in [0.2, 0.25) is 11.8 Å². The van der Waals surface area contributed by atoms with Crippen LogP contribution in [0.4, 0.5) is 0 Å². The minimum atomic E-state index is -0.749. The first-order chi connectivity index (χ1) is 19.6. The molecule has 0 unspecified atom stereocenters. The lowest BCUT2D eigenvalue weighted by Gasteiger charge is -2.29. The zero-order chi connectivity index (χ0) is 31.9. The number of halogens is 1. The van der Waals surface area contributed by atoms with E-state index in [0.29, 0.717) is 24.3 Å². The molecule has 1 aliphatic rings. The minimum Gasteiger partial charge on any atom is -0.490 e. The summed E-state index contributed by atoms with van der Waals surface area (Å²) in [6.45, 7) is 15.4. The highest BCUT2D eigenvalue weighted by Crippen LogP contribution is 2.23. The highest BCUT2D eigenvalue weighted by Gasteiger charge is 2.32. The first kappa shape index (κ1) is 36.9. The van der Waals surface area contributed by atoms with Gasteiger partial charge in [0, 0.05) is 23.4 Å². The van der Waals surface area contributed by atoms with Crippen molar-refractivity contribution in [2.45, 2.75) is 99.0 Å². The van der Waals surface area contributed by atoms with Crippen LogP contribution in [0.25, 0.3) is 0 Å². The smallest absolute Gasteiger partial charge is 0.373 e. The molecule has 0 fully saturated rings. The monoisotopic (exact) mass is 604 g/mol. The highest BCUT2D eigenvalue weighted by atomic mass is 35.5. The molecule has 0 aromatic heterocycles. The van der Waals surface area contributed by atoms with Crippen molar-refractivity contribution in [3.63, 3.8) is 0 Å². The van der Waals surface area contributed by atoms with E-state index in [1.165, 1.54) is 13.2 Å². The second-order valence-electron chi connectivity index (χ2n) is 11.7. The minimum absolute atomic E-state index is 0.000864. The van der Waals surface area contributed by atoms with E-state index in [1.807, 2.05) is 79.7 Å². The molecule has 8 nitrogen and oxygen atoms in total. The number of rotatable bonds is 15. The van der Waals surface area contributed by atoms with Crippen LogP contribution >= 0.6 is 11.6 Å². The average Bonchev–Trinajstić information content (AvgIpc) is 2.89. The number of hydrogen-bond donors (Lipinski definition) is 2. The van der Waals surface area contributed by atoms with E-state index in [2.05, 4.69) is 10.6 Å². The summed E-state index contributed by atoms with van der Waals surface area (Å²) in [4.78, 5) is 37.5. The average molecular weight is 605 g/mol. The molecular formula is C33H49ClN2O6. The van der Waals surface area contributed by atoms with Crippen molar-refractivity contribution in [1.29, 1.82) is 0 Å². The first-order valence-corrected chi connectivity index (χ1v) is 14.7. The van der Waals surface area contributed by atoms with Crippen LogP contribution in [0.1, 0.15) is 74.7 Å². The summed E-state index contributed by atoms with van der Waals surface area (Å²) in [5, 5.41) is 6.31. The van der Waals surface area contributed by atoms with Crippen LogP contribution in [0.5, 0.6) is 0 Å². The van der Waals surface area contributed by atoms with E-state index in [1.54, 1.807) is 24.4 Å². The van der Waals surface area contributed by atoms with Crippen molar-refractivity contribution in [3.05, 3.63) is 71.2 Å². The predicted octanol–water partition coefficient (Wildman–Crippen LogP) is 6.40. The van der Waals surface area contributed by atoms with Crippen molar-refractivity contribution < 1.29 is 28.6 Å². The van der Waals surface area contributed by atoms with Crippen LogP contribution in [0.2, 0.25) is 0 Å². The standard InChI is InChI=1S/C33H49ClN2O6/c1-22(2)41-26(17-16-25(5)34)14-12-20-35-31(38)30(33(6,7)8)36-29(37)15-11-10-13-23(3)21-24(4)27-18-19-28(40-9)32(39)42-27/h10-13,15-16,19-22,24,26-27,30H,14,17-18H2,1-9H3,(H,35,38)(H,36,37)/b13-10+,15-11+,20-12-,23-21+,25-16+/t24-,26+,27-,30+/m0/s1. The van der Waals surface area contributed by atoms with Crippen LogP contribution in [-0.2, 0) is 28.6 Å². The van der Waals surface area contributed by atoms with Gasteiger partial charge in [-0.2, -0.15) is 0 Å². The van der Waals surface area contributed by atoms with Crippen LogP contribution < -0.4 is 10.6 Å². The summed E-state index contributed by atoms with van der Waals surface area (Å²) in [6.07, 6.45) is 17.3. The number of carbonyl (C=O) groups excluding carboxylic acids is 3. The third-order valence-electron chi connectivity index (χ3n) is 6.33. The molecule has 9 heteroatoms. The first-order valence-electron chi connectivity index (χ1n) is 14.4. The topological polar surface area (TPSA) is 103 Å². The molecule has 1 rings (SSSR count). The Labute approximate surface area is 257 Å². The summed E-state index contributed by atoms with van der Waals surface area (Å²) in [7, 11) is 1.44. The Morgan fingerprint density at radius 3 is 2.38 bits per heavy atom. The maximum atomic E-state index is 12.9. The molecule has 0 bridgehead atoms. The van der Waals surface area contributed by atoms with E-state index in [-0.39, 0.29) is 41.8 Å². The second kappa shape index (κ2) is 18.4. The second-order valence-corrected chi connectivity index (χ2v) is 12.3. The molecule has 0 spiro atoms. The molecule has 0 aromatic carbocycles. The lowest BCUT2D eigenvalue weighted by Crippen LogP contribution is -2.52. The SMILES string of the molecule is COC1=CC[C@@H]([C@@H](C)/C=C(C)/C=C/C=C/C(=O)N[C@H](C(=O)N/C=C\C[C@H](C/C=C(\C)Cl)OC(C)C)C(C)(C)C)OC1=O. The molecule has 0 saturated heterocycles. The van der Waals surface area contributed by atoms with Gasteiger partial charge in [-0.3, -0.25) is 9.59 Å². The van der Waals surface area contributed by atoms with Gasteiger partial charge in [-0.1, -0.05) is 81.3 Å². The maximum Gasteiger partial charge on any atom is 0.373 e. The number of amides is 2. The highest BCUT2D eigenvalue weighted by molar-refractivity contribution is 6.29. The molecule has 0 radical (unpaired) electrons. The Kier molecular flexibility index (Phi) is 16.2. The van der Waals surface area contributed by atoms with Crippen LogP contribution in [0.15, 0.2) is 71.2 Å². The number of hydrogen-bond acceptors (Lipinski definition) is 6. The van der Waals surface area contributed by atoms with Crippen LogP contribution in [-0.4, -0.2) is 49.2 Å². The molecular weight excluding hydrogens is 556 g/mol. The Bertz CT molecular complexity index is 1090. The van der Waals surface area contributed by atoms with Gasteiger partial charge in [0.25, 0.3) is 0 Å². The van der Waals surface area contributed by atoms with Gasteiger partial charge in [-0.15, -0.1) is 0 Å². The number of ether oxygens (including phenoxy) is 3. The van der Waals surface area contributed by atoms with Crippen molar-refractivity contribution >= 4 is 29.4 Å². The van der Waals surface area contributed by atoms with Gasteiger partial charge in [-0.25, -0.2) is 4.79 Å². The molecule has 1 heterocycles. The quantitative estimate of drug-likeness (QED) is 0.127. The number of carbonyl (C=O) groups is 3. The fourth-order valence-electron chi connectivity index (χ4n) is 4.16.